The minimum Gasteiger partial charge on any atom is -0.497 e. The molecule has 84 valence electrons. The number of rotatable bonds is 4. The lowest BCUT2D eigenvalue weighted by molar-refractivity contribution is 0.414. The molecule has 0 aliphatic rings. The van der Waals surface area contributed by atoms with E-state index in [1.807, 2.05) is 18.2 Å². The normalized spacial score (nSPS) is 10.1. The van der Waals surface area contributed by atoms with E-state index in [2.05, 4.69) is 31.2 Å². The monoisotopic (exact) mass is 281 g/mol. The fraction of sp³-hybridized carbons (Fsp3) is 0.182. The van der Waals surface area contributed by atoms with Crippen LogP contribution in [0.3, 0.4) is 0 Å². The minimum absolute atomic E-state index is 0.713. The van der Waals surface area contributed by atoms with Gasteiger partial charge in [0.2, 0.25) is 0 Å². The quantitative estimate of drug-likeness (QED) is 0.906. The van der Waals surface area contributed by atoms with Crippen molar-refractivity contribution in [2.24, 2.45) is 0 Å². The van der Waals surface area contributed by atoms with Crippen LogP contribution in [0.4, 0.5) is 5.69 Å². The smallest absolute Gasteiger partial charge is 0.120 e. The molecule has 16 heavy (non-hydrogen) atoms. The van der Waals surface area contributed by atoms with Crippen LogP contribution in [-0.4, -0.2) is 17.1 Å². The van der Waals surface area contributed by atoms with Gasteiger partial charge in [-0.1, -0.05) is 0 Å². The van der Waals surface area contributed by atoms with Gasteiger partial charge in [-0.15, -0.1) is 0 Å². The van der Waals surface area contributed by atoms with Crippen LogP contribution in [0.1, 0.15) is 5.69 Å². The number of nitrogens with zero attached hydrogens (tertiary/aromatic N) is 1. The predicted molar refractivity (Wildman–Crippen MR) is 66.6 cm³/mol. The van der Waals surface area contributed by atoms with Gasteiger partial charge in [0.05, 0.1) is 25.7 Å². The third-order valence-electron chi connectivity index (χ3n) is 2.20. The largest absolute Gasteiger partial charge is 0.497 e. The van der Waals surface area contributed by atoms with Crippen LogP contribution in [-0.2, 0) is 6.54 Å². The highest BCUT2D eigenvalue weighted by atomic mass is 79.9. The Morgan fingerprint density at radius 3 is 3.00 bits per heavy atom. The van der Waals surface area contributed by atoms with Gasteiger partial charge >= 0.3 is 0 Å². The first kappa shape index (κ1) is 11.0. The number of halogens is 1. The lowest BCUT2D eigenvalue weighted by atomic mass is 10.3. The Kier molecular flexibility index (Phi) is 3.46. The van der Waals surface area contributed by atoms with E-state index in [1.165, 1.54) is 0 Å². The van der Waals surface area contributed by atoms with E-state index in [0.717, 1.165) is 21.6 Å². The summed E-state index contributed by atoms with van der Waals surface area (Å²) >= 11 is 3.48. The fourth-order valence-electron chi connectivity index (χ4n) is 1.34. The summed E-state index contributed by atoms with van der Waals surface area (Å²) in [5.74, 6) is 0.832. The highest BCUT2D eigenvalue weighted by molar-refractivity contribution is 9.10. The Balaban J connectivity index is 2.04. The van der Waals surface area contributed by atoms with E-state index < -0.39 is 0 Å². The van der Waals surface area contributed by atoms with Crippen molar-refractivity contribution >= 4 is 21.6 Å². The first-order valence-corrected chi connectivity index (χ1v) is 5.63. The van der Waals surface area contributed by atoms with Gasteiger partial charge in [0.15, 0.2) is 0 Å². The Morgan fingerprint density at radius 1 is 1.50 bits per heavy atom. The van der Waals surface area contributed by atoms with E-state index in [-0.39, 0.29) is 0 Å². The van der Waals surface area contributed by atoms with Crippen molar-refractivity contribution in [3.63, 3.8) is 0 Å². The zero-order valence-corrected chi connectivity index (χ0v) is 10.4. The van der Waals surface area contributed by atoms with E-state index in [1.54, 1.807) is 19.6 Å². The molecule has 0 spiro atoms. The maximum Gasteiger partial charge on any atom is 0.120 e. The summed E-state index contributed by atoms with van der Waals surface area (Å²) in [7, 11) is 1.65. The number of aromatic amines is 1. The van der Waals surface area contributed by atoms with Crippen LogP contribution in [0.15, 0.2) is 35.2 Å². The molecule has 0 bridgehead atoms. The average Bonchev–Trinajstić information content (AvgIpc) is 2.80. The molecule has 1 heterocycles. The van der Waals surface area contributed by atoms with Crippen LogP contribution in [0, 0.1) is 0 Å². The summed E-state index contributed by atoms with van der Waals surface area (Å²) in [6.45, 7) is 0.713. The number of methoxy groups -OCH3 is 1. The van der Waals surface area contributed by atoms with Gasteiger partial charge in [0.25, 0.3) is 0 Å². The van der Waals surface area contributed by atoms with Gasteiger partial charge in [-0.05, 0) is 34.1 Å². The molecule has 1 aromatic heterocycles. The first-order chi connectivity index (χ1) is 7.79. The number of anilines is 1. The molecule has 0 radical (unpaired) electrons. The summed E-state index contributed by atoms with van der Waals surface area (Å²) in [6.07, 6.45) is 3.46. The summed E-state index contributed by atoms with van der Waals surface area (Å²) in [5.41, 5.74) is 2.07. The molecule has 0 aliphatic carbocycles. The van der Waals surface area contributed by atoms with Gasteiger partial charge in [-0.3, -0.25) is 0 Å². The van der Waals surface area contributed by atoms with Gasteiger partial charge in [0.1, 0.15) is 5.75 Å². The SMILES string of the molecule is COc1ccc(NCc2cnc[nH]2)c(Br)c1. The molecular weight excluding hydrogens is 270 g/mol. The Morgan fingerprint density at radius 2 is 2.38 bits per heavy atom. The van der Waals surface area contributed by atoms with Gasteiger partial charge in [0, 0.05) is 16.4 Å². The van der Waals surface area contributed by atoms with Crippen molar-refractivity contribution in [3.05, 3.63) is 40.9 Å². The zero-order chi connectivity index (χ0) is 11.4. The van der Waals surface area contributed by atoms with E-state index in [4.69, 9.17) is 4.74 Å². The van der Waals surface area contributed by atoms with Crippen LogP contribution in [0.5, 0.6) is 5.75 Å². The Labute approximate surface area is 102 Å². The lowest BCUT2D eigenvalue weighted by Crippen LogP contribution is -2.00. The molecule has 1 aromatic carbocycles. The highest BCUT2D eigenvalue weighted by Gasteiger charge is 2.01. The lowest BCUT2D eigenvalue weighted by Gasteiger charge is -2.08. The standard InChI is InChI=1S/C11H12BrN3O/c1-16-9-2-3-11(10(12)4-9)14-6-8-5-13-7-15-8/h2-5,7,14H,6H2,1H3,(H,13,15). The molecule has 0 saturated carbocycles. The molecule has 4 nitrogen and oxygen atoms in total. The minimum atomic E-state index is 0.713. The first-order valence-electron chi connectivity index (χ1n) is 4.84. The number of benzene rings is 1. The van der Waals surface area contributed by atoms with Gasteiger partial charge in [-0.2, -0.15) is 0 Å². The van der Waals surface area contributed by atoms with Crippen molar-refractivity contribution in [2.75, 3.05) is 12.4 Å². The Bertz CT molecular complexity index is 456. The molecule has 5 heteroatoms. The van der Waals surface area contributed by atoms with Crippen molar-refractivity contribution in [3.8, 4) is 5.75 Å². The highest BCUT2D eigenvalue weighted by Crippen LogP contribution is 2.27. The number of nitrogens with one attached hydrogen (secondary N) is 2. The second-order valence-electron chi connectivity index (χ2n) is 3.28. The number of aromatic nitrogens is 2. The second kappa shape index (κ2) is 5.03. The molecule has 0 fully saturated rings. The van der Waals surface area contributed by atoms with E-state index >= 15 is 0 Å². The summed E-state index contributed by atoms with van der Waals surface area (Å²) in [6, 6.07) is 5.81. The van der Waals surface area contributed by atoms with Crippen molar-refractivity contribution in [1.82, 2.24) is 9.97 Å². The van der Waals surface area contributed by atoms with Crippen LogP contribution >= 0.6 is 15.9 Å². The molecule has 2 rings (SSSR count). The summed E-state index contributed by atoms with van der Waals surface area (Å²) in [4.78, 5) is 6.99. The number of ether oxygens (including phenoxy) is 1. The fourth-order valence-corrected chi connectivity index (χ4v) is 1.84. The van der Waals surface area contributed by atoms with Crippen LogP contribution in [0.2, 0.25) is 0 Å². The molecule has 2 N–H and O–H groups in total. The van der Waals surface area contributed by atoms with Gasteiger partial charge < -0.3 is 15.0 Å². The van der Waals surface area contributed by atoms with Crippen molar-refractivity contribution in [2.45, 2.75) is 6.54 Å². The predicted octanol–water partition coefficient (Wildman–Crippen LogP) is 2.79. The zero-order valence-electron chi connectivity index (χ0n) is 8.83. The molecule has 0 atom stereocenters. The maximum absolute atomic E-state index is 5.13. The van der Waals surface area contributed by atoms with Crippen molar-refractivity contribution < 1.29 is 4.74 Å². The topological polar surface area (TPSA) is 49.9 Å². The van der Waals surface area contributed by atoms with Crippen LogP contribution in [0.25, 0.3) is 0 Å². The van der Waals surface area contributed by atoms with Crippen molar-refractivity contribution in [1.29, 1.82) is 0 Å². The molecule has 0 amide bonds. The van der Waals surface area contributed by atoms with Crippen LogP contribution < -0.4 is 10.1 Å². The third kappa shape index (κ3) is 2.55. The third-order valence-corrected chi connectivity index (χ3v) is 2.86. The molecule has 0 saturated heterocycles. The Hall–Kier alpha value is -1.49. The maximum atomic E-state index is 5.13. The number of H-pyrrole nitrogens is 1. The summed E-state index contributed by atoms with van der Waals surface area (Å²) in [5, 5.41) is 3.29. The molecular formula is C11H12BrN3O. The second-order valence-corrected chi connectivity index (χ2v) is 4.13. The average molecular weight is 282 g/mol. The molecule has 0 unspecified atom stereocenters. The molecule has 0 aliphatic heterocycles. The number of imidazole rings is 1. The number of hydrogen-bond donors (Lipinski definition) is 2. The van der Waals surface area contributed by atoms with Gasteiger partial charge in [-0.25, -0.2) is 4.98 Å². The van der Waals surface area contributed by atoms with E-state index in [9.17, 15) is 0 Å². The summed E-state index contributed by atoms with van der Waals surface area (Å²) < 4.78 is 6.10. The van der Waals surface area contributed by atoms with E-state index in [0.29, 0.717) is 6.54 Å². The number of hydrogen-bond acceptors (Lipinski definition) is 3. The molecule has 2 aromatic rings.